The summed E-state index contributed by atoms with van der Waals surface area (Å²) in [6.07, 6.45) is 2.42. The van der Waals surface area contributed by atoms with E-state index in [0.717, 1.165) is 25.4 Å². The van der Waals surface area contributed by atoms with Crippen molar-refractivity contribution < 1.29 is 0 Å². The molecule has 0 unspecified atom stereocenters. The van der Waals surface area contributed by atoms with Crippen LogP contribution in [-0.4, -0.2) is 30.1 Å². The zero-order valence-corrected chi connectivity index (χ0v) is 8.64. The first-order valence-electron chi connectivity index (χ1n) is 5.07. The predicted molar refractivity (Wildman–Crippen MR) is 53.1 cm³/mol. The van der Waals surface area contributed by atoms with E-state index in [4.69, 9.17) is 5.73 Å². The summed E-state index contributed by atoms with van der Waals surface area (Å²) in [6, 6.07) is 0. The Hall–Kier alpha value is -0.0800. The summed E-state index contributed by atoms with van der Waals surface area (Å²) in [5.74, 6) is 0.819. The molecule has 0 bridgehead atoms. The summed E-state index contributed by atoms with van der Waals surface area (Å²) in [6.45, 7) is 10.2. The molecule has 0 spiro atoms. The molecule has 0 saturated carbocycles. The molecule has 2 nitrogen and oxygen atoms in total. The van der Waals surface area contributed by atoms with Crippen LogP contribution in [0, 0.1) is 5.92 Å². The maximum Gasteiger partial charge on any atom is 0.0409 e. The number of likely N-dealkylation sites (tertiary alicyclic amines) is 1. The first-order chi connectivity index (χ1) is 5.56. The van der Waals surface area contributed by atoms with Crippen molar-refractivity contribution in [2.24, 2.45) is 11.7 Å². The summed E-state index contributed by atoms with van der Waals surface area (Å²) in [7, 11) is 0. The normalized spacial score (nSPS) is 22.8. The van der Waals surface area contributed by atoms with Gasteiger partial charge in [-0.2, -0.15) is 0 Å². The lowest BCUT2D eigenvalue weighted by atomic mass is 9.88. The summed E-state index contributed by atoms with van der Waals surface area (Å²) in [4.78, 5) is 2.46. The van der Waals surface area contributed by atoms with Crippen molar-refractivity contribution in [3.05, 3.63) is 0 Å². The van der Waals surface area contributed by atoms with Crippen LogP contribution in [0.4, 0.5) is 0 Å². The first-order valence-corrected chi connectivity index (χ1v) is 5.07. The highest BCUT2D eigenvalue weighted by atomic mass is 15.2. The fourth-order valence-corrected chi connectivity index (χ4v) is 1.67. The van der Waals surface area contributed by atoms with Crippen LogP contribution in [0.3, 0.4) is 0 Å². The highest BCUT2D eigenvalue weighted by molar-refractivity contribution is 4.98. The Kier molecular flexibility index (Phi) is 3.13. The van der Waals surface area contributed by atoms with Crippen molar-refractivity contribution in [2.75, 3.05) is 19.6 Å². The number of nitrogens with zero attached hydrogens (tertiary/aromatic N) is 1. The van der Waals surface area contributed by atoms with Crippen LogP contribution < -0.4 is 5.73 Å². The van der Waals surface area contributed by atoms with Gasteiger partial charge in [-0.15, -0.1) is 0 Å². The van der Waals surface area contributed by atoms with E-state index in [-0.39, 0.29) is 5.54 Å². The highest BCUT2D eigenvalue weighted by Crippen LogP contribution is 2.21. The van der Waals surface area contributed by atoms with Gasteiger partial charge in [-0.05, 0) is 25.3 Å². The molecule has 0 radical (unpaired) electrons. The van der Waals surface area contributed by atoms with Crippen LogP contribution >= 0.6 is 0 Å². The monoisotopic (exact) mass is 170 g/mol. The van der Waals surface area contributed by atoms with Crippen LogP contribution in [-0.2, 0) is 0 Å². The van der Waals surface area contributed by atoms with Gasteiger partial charge in [0.25, 0.3) is 0 Å². The molecular weight excluding hydrogens is 148 g/mol. The Labute approximate surface area is 76.1 Å². The van der Waals surface area contributed by atoms with Gasteiger partial charge >= 0.3 is 0 Å². The molecule has 0 aromatic rings. The number of nitrogens with two attached hydrogens (primary N) is 1. The lowest BCUT2D eigenvalue weighted by Crippen LogP contribution is -2.66. The van der Waals surface area contributed by atoms with E-state index in [9.17, 15) is 0 Å². The third-order valence-corrected chi connectivity index (χ3v) is 2.80. The lowest BCUT2D eigenvalue weighted by Gasteiger charge is -2.47. The molecule has 0 aliphatic carbocycles. The Morgan fingerprint density at radius 1 is 1.42 bits per heavy atom. The second-order valence-corrected chi connectivity index (χ2v) is 4.61. The van der Waals surface area contributed by atoms with E-state index >= 15 is 0 Å². The van der Waals surface area contributed by atoms with Gasteiger partial charge in [-0.1, -0.05) is 20.8 Å². The van der Waals surface area contributed by atoms with Crippen molar-refractivity contribution in [3.63, 3.8) is 0 Å². The van der Waals surface area contributed by atoms with Crippen LogP contribution in [0.1, 0.15) is 33.6 Å². The minimum absolute atomic E-state index is 0.150. The summed E-state index contributed by atoms with van der Waals surface area (Å²) in [5.41, 5.74) is 6.21. The molecule has 0 aromatic carbocycles. The fraction of sp³-hybridized carbons (Fsp3) is 1.00. The van der Waals surface area contributed by atoms with Crippen molar-refractivity contribution in [2.45, 2.75) is 39.2 Å². The van der Waals surface area contributed by atoms with Crippen molar-refractivity contribution in [1.29, 1.82) is 0 Å². The number of hydrogen-bond donors (Lipinski definition) is 1. The minimum Gasteiger partial charge on any atom is -0.323 e. The predicted octanol–water partition coefficient (Wildman–Crippen LogP) is 1.46. The zero-order chi connectivity index (χ0) is 9.19. The average Bonchev–Trinajstić information content (AvgIpc) is 1.95. The third kappa shape index (κ3) is 2.46. The minimum atomic E-state index is 0.150. The molecule has 12 heavy (non-hydrogen) atoms. The van der Waals surface area contributed by atoms with Gasteiger partial charge in [0, 0.05) is 18.6 Å². The molecule has 1 aliphatic rings. The van der Waals surface area contributed by atoms with Crippen LogP contribution in [0.2, 0.25) is 0 Å². The Morgan fingerprint density at radius 3 is 2.42 bits per heavy atom. The van der Waals surface area contributed by atoms with Gasteiger partial charge < -0.3 is 5.73 Å². The van der Waals surface area contributed by atoms with Gasteiger partial charge in [0.1, 0.15) is 0 Å². The van der Waals surface area contributed by atoms with E-state index in [1.54, 1.807) is 0 Å². The topological polar surface area (TPSA) is 29.3 Å². The second kappa shape index (κ2) is 3.75. The molecule has 2 N–H and O–H groups in total. The Bertz CT molecular complexity index is 137. The van der Waals surface area contributed by atoms with Crippen LogP contribution in [0.15, 0.2) is 0 Å². The molecule has 1 heterocycles. The molecule has 1 rings (SSSR count). The number of hydrogen-bond acceptors (Lipinski definition) is 2. The summed E-state index contributed by atoms with van der Waals surface area (Å²) in [5, 5.41) is 0. The molecule has 2 heteroatoms. The van der Waals surface area contributed by atoms with Gasteiger partial charge in [0.05, 0.1) is 0 Å². The second-order valence-electron chi connectivity index (χ2n) is 4.61. The molecule has 1 saturated heterocycles. The lowest BCUT2D eigenvalue weighted by molar-refractivity contribution is 0.0637. The van der Waals surface area contributed by atoms with Gasteiger partial charge in [0.2, 0.25) is 0 Å². The largest absolute Gasteiger partial charge is 0.323 e. The molecule has 0 amide bonds. The Morgan fingerprint density at radius 2 is 2.00 bits per heavy atom. The molecule has 0 aromatic heterocycles. The van der Waals surface area contributed by atoms with Crippen molar-refractivity contribution >= 4 is 0 Å². The fourth-order valence-electron chi connectivity index (χ4n) is 1.67. The van der Waals surface area contributed by atoms with Crippen LogP contribution in [0.5, 0.6) is 0 Å². The van der Waals surface area contributed by atoms with E-state index in [1.165, 1.54) is 13.0 Å². The van der Waals surface area contributed by atoms with Crippen LogP contribution in [0.25, 0.3) is 0 Å². The van der Waals surface area contributed by atoms with E-state index < -0.39 is 0 Å². The maximum atomic E-state index is 6.06. The smallest absolute Gasteiger partial charge is 0.0409 e. The number of rotatable bonds is 4. The van der Waals surface area contributed by atoms with Gasteiger partial charge in [-0.25, -0.2) is 0 Å². The Balaban J connectivity index is 2.09. The summed E-state index contributed by atoms with van der Waals surface area (Å²) >= 11 is 0. The van der Waals surface area contributed by atoms with Crippen molar-refractivity contribution in [1.82, 2.24) is 4.90 Å². The van der Waals surface area contributed by atoms with E-state index in [0.29, 0.717) is 0 Å². The molecule has 1 fully saturated rings. The standard InChI is InChI=1S/C10H22N2/c1-4-10(11)7-12(8-10)6-5-9(2)3/h9H,4-8,11H2,1-3H3. The van der Waals surface area contributed by atoms with Crippen molar-refractivity contribution in [3.8, 4) is 0 Å². The highest BCUT2D eigenvalue weighted by Gasteiger charge is 2.36. The summed E-state index contributed by atoms with van der Waals surface area (Å²) < 4.78 is 0. The molecule has 0 atom stereocenters. The van der Waals surface area contributed by atoms with Gasteiger partial charge in [0.15, 0.2) is 0 Å². The zero-order valence-electron chi connectivity index (χ0n) is 8.64. The van der Waals surface area contributed by atoms with E-state index in [1.807, 2.05) is 0 Å². The SMILES string of the molecule is CCC1(N)CN(CCC(C)C)C1. The molecule has 72 valence electrons. The third-order valence-electron chi connectivity index (χ3n) is 2.80. The maximum absolute atomic E-state index is 6.06. The quantitative estimate of drug-likeness (QED) is 0.692. The van der Waals surface area contributed by atoms with E-state index in [2.05, 4.69) is 25.7 Å². The molecule has 1 aliphatic heterocycles. The first kappa shape index (κ1) is 10.0. The average molecular weight is 170 g/mol. The molecular formula is C10H22N2. The van der Waals surface area contributed by atoms with Gasteiger partial charge in [-0.3, -0.25) is 4.90 Å².